The number of carbonyl (C=O) groups excluding carboxylic acids is 2. The van der Waals surface area contributed by atoms with Gasteiger partial charge in [0.1, 0.15) is 34.5 Å². The fraction of sp³-hybridized carbons (Fsp3) is 0.190. The maximum atomic E-state index is 13.5. The number of ether oxygens (including phenoxy) is 2. The van der Waals surface area contributed by atoms with E-state index in [-0.39, 0.29) is 16.6 Å². The molecule has 2 aromatic heterocycles. The first kappa shape index (κ1) is 41.4. The van der Waals surface area contributed by atoms with Crippen LogP contribution in [-0.4, -0.2) is 62.4 Å². The fourth-order valence-electron chi connectivity index (χ4n) is 6.24. The third-order valence-corrected chi connectivity index (χ3v) is 9.68. The Balaban J connectivity index is 0.000000162. The smallest absolute Gasteiger partial charge is 0.438 e. The van der Waals surface area contributed by atoms with Crippen LogP contribution in [0.25, 0.3) is 11.4 Å². The number of benzene rings is 4. The third-order valence-electron chi connectivity index (χ3n) is 9.49. The lowest BCUT2D eigenvalue weighted by Crippen LogP contribution is -2.47. The molecule has 4 heterocycles. The Labute approximate surface area is 338 Å². The van der Waals surface area contributed by atoms with Gasteiger partial charge in [-0.05, 0) is 78.4 Å². The standard InChI is InChI=1S/C21H18FN3O2.C15H14ClN3O2.C6H6BFO2/c1-21(16-7-3-2-4-8-16)11-13-25(20(26)27-21)18-10-12-23-19(24-18)15-6-5-9-17(22)14-15;1-15(11-5-3-2-4-6-11)8-10-19(14(20)21-15)12-7-9-17-13(16)18-12;8-6-3-1-2-5(4-6)7(9)10/h2-10,12,14H,11,13H2,1H3;2-7,9H,8,10H2,1H3;1-4,9-10H. The van der Waals surface area contributed by atoms with Crippen LogP contribution in [0.15, 0.2) is 134 Å². The van der Waals surface area contributed by atoms with Gasteiger partial charge in [0, 0.05) is 43.9 Å². The van der Waals surface area contributed by atoms with E-state index in [2.05, 4.69) is 19.9 Å². The highest BCUT2D eigenvalue weighted by atomic mass is 35.5. The van der Waals surface area contributed by atoms with Crippen LogP contribution in [0.1, 0.15) is 37.8 Å². The second-order valence-electron chi connectivity index (χ2n) is 13.6. The zero-order valence-electron chi connectivity index (χ0n) is 31.5. The Morgan fingerprint density at radius 1 is 0.655 bits per heavy atom. The average Bonchev–Trinajstić information content (AvgIpc) is 3.22. The molecule has 16 heteroatoms. The molecule has 0 aliphatic carbocycles. The number of rotatable bonds is 6. The van der Waals surface area contributed by atoms with Crippen LogP contribution in [0.5, 0.6) is 0 Å². The zero-order valence-corrected chi connectivity index (χ0v) is 32.2. The van der Waals surface area contributed by atoms with Crippen LogP contribution in [0.3, 0.4) is 0 Å². The lowest BCUT2D eigenvalue weighted by molar-refractivity contribution is 0.00493. The Kier molecular flexibility index (Phi) is 13.1. The van der Waals surface area contributed by atoms with Gasteiger partial charge >= 0.3 is 19.3 Å². The van der Waals surface area contributed by atoms with Crippen LogP contribution in [-0.2, 0) is 20.7 Å². The Bertz CT molecular complexity index is 2350. The third kappa shape index (κ3) is 10.2. The van der Waals surface area contributed by atoms with Crippen molar-refractivity contribution in [1.82, 2.24) is 19.9 Å². The summed E-state index contributed by atoms with van der Waals surface area (Å²) < 4.78 is 37.2. The molecule has 2 saturated heterocycles. The van der Waals surface area contributed by atoms with E-state index < -0.39 is 36.3 Å². The van der Waals surface area contributed by atoms with E-state index in [1.165, 1.54) is 46.3 Å². The van der Waals surface area contributed by atoms with Crippen molar-refractivity contribution < 1.29 is 37.9 Å². The first-order chi connectivity index (χ1) is 27.8. The molecule has 0 radical (unpaired) electrons. The summed E-state index contributed by atoms with van der Waals surface area (Å²) in [5.74, 6) is 0.416. The molecule has 2 unspecified atom stereocenters. The van der Waals surface area contributed by atoms with Crippen molar-refractivity contribution in [1.29, 1.82) is 0 Å². The van der Waals surface area contributed by atoms with E-state index in [0.29, 0.717) is 49.0 Å². The van der Waals surface area contributed by atoms with Gasteiger partial charge in [0.05, 0.1) is 0 Å². The average molecular weight is 807 g/mol. The lowest BCUT2D eigenvalue weighted by atomic mass is 9.80. The minimum Gasteiger partial charge on any atom is -0.438 e. The highest BCUT2D eigenvalue weighted by Crippen LogP contribution is 2.36. The first-order valence-electron chi connectivity index (χ1n) is 18.1. The first-order valence-corrected chi connectivity index (χ1v) is 18.5. The SMILES string of the molecule is CC1(c2ccccc2)CCN(c2ccnc(-c3cccc(F)c3)n2)C(=O)O1.CC1(c2ccccc2)CCN(c2ccnc(Cl)n2)C(=O)O1.OB(O)c1cccc(F)c1. The molecule has 0 spiro atoms. The molecule has 12 nitrogen and oxygen atoms in total. The summed E-state index contributed by atoms with van der Waals surface area (Å²) in [6.07, 6.45) is 3.48. The topological polar surface area (TPSA) is 151 Å². The number of aromatic nitrogens is 4. The van der Waals surface area contributed by atoms with Gasteiger partial charge in [-0.25, -0.2) is 38.3 Å². The van der Waals surface area contributed by atoms with Gasteiger partial charge in [-0.3, -0.25) is 9.80 Å². The highest BCUT2D eigenvalue weighted by Gasteiger charge is 2.40. The summed E-state index contributed by atoms with van der Waals surface area (Å²) in [4.78, 5) is 44.4. The summed E-state index contributed by atoms with van der Waals surface area (Å²) in [7, 11) is -1.59. The van der Waals surface area contributed by atoms with Crippen LogP contribution in [0.2, 0.25) is 5.28 Å². The molecule has 0 saturated carbocycles. The van der Waals surface area contributed by atoms with E-state index in [0.717, 1.165) is 17.2 Å². The fourth-order valence-corrected chi connectivity index (χ4v) is 6.39. The molecule has 58 heavy (non-hydrogen) atoms. The summed E-state index contributed by atoms with van der Waals surface area (Å²) in [5, 5.41) is 17.2. The second-order valence-corrected chi connectivity index (χ2v) is 13.9. The van der Waals surface area contributed by atoms with Crippen molar-refractivity contribution in [2.45, 2.75) is 37.9 Å². The molecular weight excluding hydrogens is 769 g/mol. The number of halogens is 3. The number of amides is 2. The van der Waals surface area contributed by atoms with Crippen molar-refractivity contribution in [3.8, 4) is 11.4 Å². The molecule has 2 atom stereocenters. The van der Waals surface area contributed by atoms with E-state index in [9.17, 15) is 18.4 Å². The molecule has 0 bridgehead atoms. The van der Waals surface area contributed by atoms with Crippen LogP contribution in [0, 0.1) is 11.6 Å². The van der Waals surface area contributed by atoms with Crippen LogP contribution >= 0.6 is 11.6 Å². The summed E-state index contributed by atoms with van der Waals surface area (Å²) >= 11 is 5.76. The van der Waals surface area contributed by atoms with Crippen LogP contribution < -0.4 is 15.3 Å². The second kappa shape index (κ2) is 18.3. The minimum atomic E-state index is -1.59. The highest BCUT2D eigenvalue weighted by molar-refractivity contribution is 6.58. The lowest BCUT2D eigenvalue weighted by Gasteiger charge is -2.38. The number of carbonyl (C=O) groups is 2. The minimum absolute atomic E-state index is 0.108. The van der Waals surface area contributed by atoms with E-state index in [4.69, 9.17) is 31.1 Å². The molecule has 296 valence electrons. The van der Waals surface area contributed by atoms with Gasteiger partial charge in [-0.15, -0.1) is 0 Å². The molecular formula is C42H38BClF2N6O6. The predicted octanol–water partition coefficient (Wildman–Crippen LogP) is 7.44. The molecule has 4 aromatic carbocycles. The Morgan fingerprint density at radius 3 is 1.62 bits per heavy atom. The van der Waals surface area contributed by atoms with E-state index in [1.807, 2.05) is 74.5 Å². The number of cyclic esters (lactones) is 2. The van der Waals surface area contributed by atoms with Gasteiger partial charge in [-0.2, -0.15) is 0 Å². The molecule has 8 rings (SSSR count). The number of hydrogen-bond donors (Lipinski definition) is 2. The normalized spacial score (nSPS) is 18.7. The van der Waals surface area contributed by atoms with Crippen molar-refractivity contribution >= 4 is 48.0 Å². The quantitative estimate of drug-likeness (QED) is 0.128. The van der Waals surface area contributed by atoms with Gasteiger partial charge < -0.3 is 19.5 Å². The Morgan fingerprint density at radius 2 is 1.16 bits per heavy atom. The largest absolute Gasteiger partial charge is 0.488 e. The summed E-state index contributed by atoms with van der Waals surface area (Å²) in [5.41, 5.74) is 1.37. The molecule has 2 fully saturated rings. The van der Waals surface area contributed by atoms with E-state index >= 15 is 0 Å². The molecule has 2 N–H and O–H groups in total. The predicted molar refractivity (Wildman–Crippen MR) is 215 cm³/mol. The summed E-state index contributed by atoms with van der Waals surface area (Å²) in [6.45, 7) is 4.81. The zero-order chi connectivity index (χ0) is 41.3. The van der Waals surface area contributed by atoms with Gasteiger partial charge in [-0.1, -0.05) is 84.9 Å². The van der Waals surface area contributed by atoms with Crippen LogP contribution in [0.4, 0.5) is 30.0 Å². The number of anilines is 2. The number of nitrogens with zero attached hydrogens (tertiary/aromatic N) is 6. The maximum absolute atomic E-state index is 13.5. The molecule has 2 aliphatic rings. The maximum Gasteiger partial charge on any atom is 0.488 e. The van der Waals surface area contributed by atoms with Gasteiger partial charge in [0.15, 0.2) is 5.82 Å². The Hall–Kier alpha value is -6.29. The van der Waals surface area contributed by atoms with Crippen molar-refractivity contribution in [3.05, 3.63) is 162 Å². The van der Waals surface area contributed by atoms with Crippen molar-refractivity contribution in [3.63, 3.8) is 0 Å². The molecule has 2 amide bonds. The summed E-state index contributed by atoms with van der Waals surface area (Å²) in [6, 6.07) is 33.9. The monoisotopic (exact) mass is 806 g/mol. The van der Waals surface area contributed by atoms with Gasteiger partial charge in [0.2, 0.25) is 5.28 Å². The molecule has 2 aliphatic heterocycles. The van der Waals surface area contributed by atoms with Crippen molar-refractivity contribution in [2.75, 3.05) is 22.9 Å². The number of hydrogen-bond acceptors (Lipinski definition) is 10. The van der Waals surface area contributed by atoms with Crippen molar-refractivity contribution in [2.24, 2.45) is 0 Å². The van der Waals surface area contributed by atoms with E-state index in [1.54, 1.807) is 30.5 Å². The van der Waals surface area contributed by atoms with Gasteiger partial charge in [0.25, 0.3) is 0 Å². The molecule has 6 aromatic rings.